The van der Waals surface area contributed by atoms with E-state index in [2.05, 4.69) is 18.0 Å². The van der Waals surface area contributed by atoms with Gasteiger partial charge < -0.3 is 10.0 Å². The molecule has 0 radical (unpaired) electrons. The van der Waals surface area contributed by atoms with Crippen LogP contribution < -0.4 is 0 Å². The number of pyridine rings is 2. The van der Waals surface area contributed by atoms with Crippen LogP contribution in [0.15, 0.2) is 41.3 Å². The number of fused-ring (bicyclic) bond motifs is 1. The SMILES string of the molecule is Cc1cc(S(C)(=O)=O)cc(O)c1-c1ccc2ccc([C@@H]3CCCN(C)C3)nc2n1. The van der Waals surface area contributed by atoms with Crippen molar-refractivity contribution >= 4 is 20.9 Å². The second kappa shape index (κ2) is 7.39. The molecule has 6 nitrogen and oxygen atoms in total. The molecule has 1 N–H and O–H groups in total. The Labute approximate surface area is 171 Å². The number of likely N-dealkylation sites (tertiary alicyclic amines) is 1. The molecule has 2 aromatic heterocycles. The number of hydrogen-bond acceptors (Lipinski definition) is 6. The third-order valence-electron chi connectivity index (χ3n) is 5.59. The normalized spacial score (nSPS) is 18.2. The largest absolute Gasteiger partial charge is 0.507 e. The summed E-state index contributed by atoms with van der Waals surface area (Å²) in [6, 6.07) is 10.7. The van der Waals surface area contributed by atoms with Crippen molar-refractivity contribution in [3.63, 3.8) is 0 Å². The number of rotatable bonds is 3. The smallest absolute Gasteiger partial charge is 0.175 e. The summed E-state index contributed by atoms with van der Waals surface area (Å²) in [5, 5.41) is 11.5. The van der Waals surface area contributed by atoms with Crippen molar-refractivity contribution in [2.45, 2.75) is 30.6 Å². The fraction of sp³-hybridized carbons (Fsp3) is 0.364. The van der Waals surface area contributed by atoms with Gasteiger partial charge in [-0.25, -0.2) is 18.4 Å². The number of nitrogens with zero attached hydrogens (tertiary/aromatic N) is 3. The molecule has 4 rings (SSSR count). The molecule has 0 bridgehead atoms. The number of sulfone groups is 1. The van der Waals surface area contributed by atoms with Gasteiger partial charge in [0, 0.05) is 35.4 Å². The van der Waals surface area contributed by atoms with Crippen molar-refractivity contribution in [3.05, 3.63) is 47.7 Å². The Morgan fingerprint density at radius 2 is 1.90 bits per heavy atom. The molecular weight excluding hydrogens is 386 g/mol. The first-order chi connectivity index (χ1) is 13.7. The fourth-order valence-corrected chi connectivity index (χ4v) is 4.79. The number of phenols is 1. The zero-order chi connectivity index (χ0) is 20.8. The molecule has 7 heteroatoms. The summed E-state index contributed by atoms with van der Waals surface area (Å²) < 4.78 is 23.7. The molecule has 0 spiro atoms. The first-order valence-corrected chi connectivity index (χ1v) is 11.6. The van der Waals surface area contributed by atoms with Crippen LogP contribution in [0.1, 0.15) is 30.0 Å². The molecule has 1 fully saturated rings. The molecule has 0 amide bonds. The first-order valence-electron chi connectivity index (χ1n) is 9.72. The van der Waals surface area contributed by atoms with Gasteiger partial charge in [-0.15, -0.1) is 0 Å². The van der Waals surface area contributed by atoms with Gasteiger partial charge in [0.15, 0.2) is 15.5 Å². The van der Waals surface area contributed by atoms with Gasteiger partial charge in [0.1, 0.15) is 5.75 Å². The summed E-state index contributed by atoms with van der Waals surface area (Å²) in [5.74, 6) is 0.301. The van der Waals surface area contributed by atoms with Crippen LogP contribution in [0.3, 0.4) is 0 Å². The molecule has 1 atom stereocenters. The lowest BCUT2D eigenvalue weighted by Crippen LogP contribution is -2.31. The molecule has 0 saturated carbocycles. The maximum absolute atomic E-state index is 11.8. The molecule has 3 heterocycles. The number of likely N-dealkylation sites (N-methyl/N-ethyl adjacent to an activating group) is 1. The highest BCUT2D eigenvalue weighted by Crippen LogP contribution is 2.35. The third-order valence-corrected chi connectivity index (χ3v) is 6.68. The summed E-state index contributed by atoms with van der Waals surface area (Å²) >= 11 is 0. The van der Waals surface area contributed by atoms with Crippen LogP contribution in [0, 0.1) is 6.92 Å². The second-order valence-electron chi connectivity index (χ2n) is 7.99. The summed E-state index contributed by atoms with van der Waals surface area (Å²) in [5.41, 5.74) is 3.45. The third kappa shape index (κ3) is 3.97. The van der Waals surface area contributed by atoms with Gasteiger partial charge in [0.05, 0.1) is 10.6 Å². The summed E-state index contributed by atoms with van der Waals surface area (Å²) in [6.07, 6.45) is 3.41. The number of piperidine rings is 1. The van der Waals surface area contributed by atoms with Gasteiger partial charge in [-0.2, -0.15) is 0 Å². The van der Waals surface area contributed by atoms with Crippen molar-refractivity contribution in [1.82, 2.24) is 14.9 Å². The molecular formula is C22H25N3O3S. The molecule has 1 aliphatic rings. The van der Waals surface area contributed by atoms with E-state index in [1.165, 1.54) is 6.07 Å². The average Bonchev–Trinajstić information content (AvgIpc) is 2.66. The molecule has 3 aromatic rings. The van der Waals surface area contributed by atoms with Crippen molar-refractivity contribution in [2.24, 2.45) is 0 Å². The van der Waals surface area contributed by atoms with Crippen molar-refractivity contribution in [2.75, 3.05) is 26.4 Å². The predicted molar refractivity (Wildman–Crippen MR) is 114 cm³/mol. The molecule has 1 aromatic carbocycles. The van der Waals surface area contributed by atoms with E-state index in [-0.39, 0.29) is 10.6 Å². The second-order valence-corrected chi connectivity index (χ2v) is 10.0. The molecule has 29 heavy (non-hydrogen) atoms. The highest BCUT2D eigenvalue weighted by atomic mass is 32.2. The molecule has 1 saturated heterocycles. The van der Waals surface area contributed by atoms with E-state index in [1.54, 1.807) is 13.0 Å². The zero-order valence-corrected chi connectivity index (χ0v) is 17.7. The number of aromatic hydroxyl groups is 1. The van der Waals surface area contributed by atoms with Gasteiger partial charge in [-0.3, -0.25) is 0 Å². The van der Waals surface area contributed by atoms with Gasteiger partial charge in [-0.05, 0) is 75.3 Å². The van der Waals surface area contributed by atoms with Gasteiger partial charge in [0.2, 0.25) is 0 Å². The Kier molecular flexibility index (Phi) is 5.04. The van der Waals surface area contributed by atoms with Crippen LogP contribution in [-0.4, -0.2) is 54.8 Å². The average molecular weight is 412 g/mol. The summed E-state index contributed by atoms with van der Waals surface area (Å²) in [7, 11) is -1.27. The Morgan fingerprint density at radius 3 is 2.59 bits per heavy atom. The van der Waals surface area contributed by atoms with Crippen LogP contribution in [0.5, 0.6) is 5.75 Å². The van der Waals surface area contributed by atoms with E-state index >= 15 is 0 Å². The summed E-state index contributed by atoms with van der Waals surface area (Å²) in [4.78, 5) is 11.9. The number of aromatic nitrogens is 2. The van der Waals surface area contributed by atoms with Crippen molar-refractivity contribution in [3.8, 4) is 17.0 Å². The molecule has 0 aliphatic carbocycles. The maximum Gasteiger partial charge on any atom is 0.175 e. The topological polar surface area (TPSA) is 83.4 Å². The van der Waals surface area contributed by atoms with E-state index in [4.69, 9.17) is 9.97 Å². The van der Waals surface area contributed by atoms with E-state index in [9.17, 15) is 13.5 Å². The zero-order valence-electron chi connectivity index (χ0n) is 16.9. The van der Waals surface area contributed by atoms with Gasteiger partial charge >= 0.3 is 0 Å². The van der Waals surface area contributed by atoms with E-state index in [1.807, 2.05) is 18.2 Å². The number of aryl methyl sites for hydroxylation is 1. The standard InChI is InChI=1S/C22H25N3O3S/c1-14-11-17(29(3,27)28)12-20(26)21(14)19-9-7-15-6-8-18(23-22(15)24-19)16-5-4-10-25(2)13-16/h6-9,11-12,16,26H,4-5,10,13H2,1-3H3/t16-/m1/s1. The number of phenolic OH excluding ortho intramolecular Hbond substituents is 1. The Hall–Kier alpha value is -2.51. The van der Waals surface area contributed by atoms with Crippen LogP contribution in [0.2, 0.25) is 0 Å². The van der Waals surface area contributed by atoms with Crippen LogP contribution >= 0.6 is 0 Å². The minimum absolute atomic E-state index is 0.0951. The lowest BCUT2D eigenvalue weighted by molar-refractivity contribution is 0.248. The minimum atomic E-state index is -3.40. The molecule has 0 unspecified atom stereocenters. The lowest BCUT2D eigenvalue weighted by atomic mass is 9.94. The number of hydrogen-bond donors (Lipinski definition) is 1. The van der Waals surface area contributed by atoms with E-state index in [0.29, 0.717) is 28.4 Å². The lowest BCUT2D eigenvalue weighted by Gasteiger charge is -2.29. The van der Waals surface area contributed by atoms with E-state index < -0.39 is 9.84 Å². The monoisotopic (exact) mass is 411 g/mol. The Bertz CT molecular complexity index is 1170. The van der Waals surface area contributed by atoms with Crippen LogP contribution in [0.4, 0.5) is 0 Å². The summed E-state index contributed by atoms with van der Waals surface area (Å²) in [6.45, 7) is 3.89. The number of benzene rings is 1. The van der Waals surface area contributed by atoms with Gasteiger partial charge in [-0.1, -0.05) is 0 Å². The highest BCUT2D eigenvalue weighted by Gasteiger charge is 2.21. The Morgan fingerprint density at radius 1 is 1.14 bits per heavy atom. The van der Waals surface area contributed by atoms with Crippen molar-refractivity contribution < 1.29 is 13.5 Å². The Balaban J connectivity index is 1.77. The highest BCUT2D eigenvalue weighted by molar-refractivity contribution is 7.90. The van der Waals surface area contributed by atoms with Crippen LogP contribution in [-0.2, 0) is 9.84 Å². The molecule has 152 valence electrons. The van der Waals surface area contributed by atoms with Crippen LogP contribution in [0.25, 0.3) is 22.3 Å². The fourth-order valence-electron chi connectivity index (χ4n) is 4.07. The van der Waals surface area contributed by atoms with E-state index in [0.717, 1.165) is 43.3 Å². The van der Waals surface area contributed by atoms with Gasteiger partial charge in [0.25, 0.3) is 0 Å². The minimum Gasteiger partial charge on any atom is -0.507 e. The predicted octanol–water partition coefficient (Wildman–Crippen LogP) is 3.52. The molecule has 1 aliphatic heterocycles. The first kappa shape index (κ1) is 19.8. The van der Waals surface area contributed by atoms with Crippen molar-refractivity contribution in [1.29, 1.82) is 0 Å². The maximum atomic E-state index is 11.8. The quantitative estimate of drug-likeness (QED) is 0.710.